The van der Waals surface area contributed by atoms with Gasteiger partial charge in [0.25, 0.3) is 0 Å². The Labute approximate surface area is 112 Å². The van der Waals surface area contributed by atoms with Gasteiger partial charge in [0.2, 0.25) is 11.9 Å². The number of benzene rings is 1. The Hall–Kier alpha value is -2.37. The second kappa shape index (κ2) is 5.51. The normalized spacial score (nSPS) is 10.3. The lowest BCUT2D eigenvalue weighted by Crippen LogP contribution is -2.20. The molecule has 100 valence electrons. The first-order valence-electron chi connectivity index (χ1n) is 6.03. The first-order valence-corrected chi connectivity index (χ1v) is 6.03. The number of hydrogen-bond donors (Lipinski definition) is 1. The molecule has 0 spiro atoms. The molecule has 0 amide bonds. The molecule has 0 atom stereocenters. The number of nitrogens with two attached hydrogens (primary N) is 1. The number of anilines is 3. The molecule has 2 rings (SSSR count). The number of ether oxygens (including phenoxy) is 1. The Balaban J connectivity index is 2.41. The number of aromatic nitrogens is 3. The van der Waals surface area contributed by atoms with Gasteiger partial charge in [0.15, 0.2) is 0 Å². The van der Waals surface area contributed by atoms with Crippen LogP contribution in [0.3, 0.4) is 0 Å². The van der Waals surface area contributed by atoms with Crippen molar-refractivity contribution < 1.29 is 4.74 Å². The summed E-state index contributed by atoms with van der Waals surface area (Å²) in [6.07, 6.45) is 0. The minimum atomic E-state index is 0.146. The lowest BCUT2D eigenvalue weighted by molar-refractivity contribution is 0.379. The summed E-state index contributed by atoms with van der Waals surface area (Å²) in [6, 6.07) is 8.34. The number of rotatable bonds is 4. The molecular formula is C13H17N5O. The summed E-state index contributed by atoms with van der Waals surface area (Å²) >= 11 is 0. The van der Waals surface area contributed by atoms with Gasteiger partial charge in [-0.2, -0.15) is 15.0 Å². The van der Waals surface area contributed by atoms with Crippen molar-refractivity contribution in [3.8, 4) is 6.01 Å². The fourth-order valence-corrected chi connectivity index (χ4v) is 1.74. The van der Waals surface area contributed by atoms with Gasteiger partial charge >= 0.3 is 6.01 Å². The minimum absolute atomic E-state index is 0.146. The Morgan fingerprint density at radius 2 is 1.84 bits per heavy atom. The van der Waals surface area contributed by atoms with Gasteiger partial charge in [0.05, 0.1) is 7.11 Å². The van der Waals surface area contributed by atoms with Crippen molar-refractivity contribution in [2.45, 2.75) is 13.8 Å². The fourth-order valence-electron chi connectivity index (χ4n) is 1.74. The highest BCUT2D eigenvalue weighted by Crippen LogP contribution is 2.23. The van der Waals surface area contributed by atoms with Crippen LogP contribution >= 0.6 is 0 Å². The van der Waals surface area contributed by atoms with E-state index in [1.54, 1.807) is 0 Å². The molecule has 1 heterocycles. The molecule has 0 aliphatic rings. The summed E-state index contributed by atoms with van der Waals surface area (Å²) in [5.74, 6) is 0.628. The van der Waals surface area contributed by atoms with Gasteiger partial charge in [0.1, 0.15) is 0 Å². The highest BCUT2D eigenvalue weighted by atomic mass is 16.5. The van der Waals surface area contributed by atoms with Gasteiger partial charge in [-0.15, -0.1) is 0 Å². The Kier molecular flexibility index (Phi) is 3.79. The van der Waals surface area contributed by atoms with Crippen LogP contribution in [0.2, 0.25) is 0 Å². The molecule has 19 heavy (non-hydrogen) atoms. The molecule has 2 N–H and O–H groups in total. The van der Waals surface area contributed by atoms with Crippen molar-refractivity contribution in [1.29, 1.82) is 0 Å². The van der Waals surface area contributed by atoms with E-state index in [0.717, 1.165) is 12.2 Å². The quantitative estimate of drug-likeness (QED) is 0.904. The molecule has 0 saturated heterocycles. The van der Waals surface area contributed by atoms with Crippen LogP contribution in [-0.4, -0.2) is 28.6 Å². The zero-order valence-corrected chi connectivity index (χ0v) is 11.3. The molecular weight excluding hydrogens is 242 g/mol. The van der Waals surface area contributed by atoms with Crippen LogP contribution in [0.25, 0.3) is 0 Å². The third kappa shape index (κ3) is 2.90. The van der Waals surface area contributed by atoms with E-state index in [1.165, 1.54) is 12.7 Å². The monoisotopic (exact) mass is 259 g/mol. The number of methoxy groups -OCH3 is 1. The Morgan fingerprint density at radius 1 is 1.16 bits per heavy atom. The molecule has 0 bridgehead atoms. The maximum atomic E-state index is 5.66. The summed E-state index contributed by atoms with van der Waals surface area (Å²) in [4.78, 5) is 14.2. The predicted octanol–water partition coefficient (Wildman–Crippen LogP) is 1.93. The van der Waals surface area contributed by atoms with E-state index in [-0.39, 0.29) is 12.0 Å². The van der Waals surface area contributed by atoms with E-state index < -0.39 is 0 Å². The SMILES string of the molecule is CCN(c1ccc(C)cc1)c1nc(N)nc(OC)n1. The zero-order valence-electron chi connectivity index (χ0n) is 11.3. The molecule has 6 heteroatoms. The van der Waals surface area contributed by atoms with E-state index in [2.05, 4.69) is 15.0 Å². The van der Waals surface area contributed by atoms with Gasteiger partial charge < -0.3 is 15.4 Å². The maximum absolute atomic E-state index is 5.66. The van der Waals surface area contributed by atoms with Crippen molar-refractivity contribution in [1.82, 2.24) is 15.0 Å². The van der Waals surface area contributed by atoms with Crippen LogP contribution in [0.4, 0.5) is 17.6 Å². The predicted molar refractivity (Wildman–Crippen MR) is 74.7 cm³/mol. The maximum Gasteiger partial charge on any atom is 0.322 e. The molecule has 0 radical (unpaired) electrons. The standard InChI is InChI=1S/C13H17N5O/c1-4-18(10-7-5-9(2)6-8-10)12-15-11(14)16-13(17-12)19-3/h5-8H,4H2,1-3H3,(H2,14,15,16,17). The van der Waals surface area contributed by atoms with Gasteiger partial charge in [-0.25, -0.2) is 0 Å². The number of nitrogen functional groups attached to an aromatic ring is 1. The highest BCUT2D eigenvalue weighted by molar-refractivity contribution is 5.58. The summed E-state index contributed by atoms with van der Waals surface area (Å²) < 4.78 is 5.02. The van der Waals surface area contributed by atoms with Gasteiger partial charge in [-0.3, -0.25) is 0 Å². The number of hydrogen-bond acceptors (Lipinski definition) is 6. The molecule has 6 nitrogen and oxygen atoms in total. The second-order valence-electron chi connectivity index (χ2n) is 4.06. The van der Waals surface area contributed by atoms with E-state index in [0.29, 0.717) is 5.95 Å². The third-order valence-electron chi connectivity index (χ3n) is 2.71. The lowest BCUT2D eigenvalue weighted by atomic mass is 10.2. The Morgan fingerprint density at radius 3 is 2.42 bits per heavy atom. The smallest absolute Gasteiger partial charge is 0.322 e. The molecule has 0 fully saturated rings. The average molecular weight is 259 g/mol. The molecule has 0 saturated carbocycles. The summed E-state index contributed by atoms with van der Waals surface area (Å²) in [5.41, 5.74) is 7.86. The van der Waals surface area contributed by atoms with Gasteiger partial charge in [-0.05, 0) is 26.0 Å². The van der Waals surface area contributed by atoms with Crippen molar-refractivity contribution in [2.75, 3.05) is 24.3 Å². The van der Waals surface area contributed by atoms with Gasteiger partial charge in [-0.1, -0.05) is 17.7 Å². The van der Waals surface area contributed by atoms with Crippen molar-refractivity contribution in [3.05, 3.63) is 29.8 Å². The summed E-state index contributed by atoms with van der Waals surface area (Å²) in [6.45, 7) is 4.78. The first-order chi connectivity index (χ1) is 9.13. The third-order valence-corrected chi connectivity index (χ3v) is 2.71. The van der Waals surface area contributed by atoms with Crippen LogP contribution in [0, 0.1) is 6.92 Å². The number of aryl methyl sites for hydroxylation is 1. The van der Waals surface area contributed by atoms with Crippen molar-refractivity contribution in [2.24, 2.45) is 0 Å². The van der Waals surface area contributed by atoms with Crippen molar-refractivity contribution >= 4 is 17.6 Å². The molecule has 0 unspecified atom stereocenters. The summed E-state index contributed by atoms with van der Waals surface area (Å²) in [7, 11) is 1.50. The lowest BCUT2D eigenvalue weighted by Gasteiger charge is -2.21. The summed E-state index contributed by atoms with van der Waals surface area (Å²) in [5, 5.41) is 0. The average Bonchev–Trinajstić information content (AvgIpc) is 2.41. The first kappa shape index (κ1) is 13.1. The van der Waals surface area contributed by atoms with Crippen LogP contribution in [0.5, 0.6) is 6.01 Å². The van der Waals surface area contributed by atoms with Crippen LogP contribution in [-0.2, 0) is 0 Å². The Bertz CT molecular complexity index is 555. The topological polar surface area (TPSA) is 77.2 Å². The van der Waals surface area contributed by atoms with E-state index >= 15 is 0 Å². The van der Waals surface area contributed by atoms with Crippen LogP contribution in [0.15, 0.2) is 24.3 Å². The largest absolute Gasteiger partial charge is 0.467 e. The van der Waals surface area contributed by atoms with Crippen molar-refractivity contribution in [3.63, 3.8) is 0 Å². The molecule has 0 aliphatic heterocycles. The highest BCUT2D eigenvalue weighted by Gasteiger charge is 2.13. The van der Waals surface area contributed by atoms with E-state index in [1.807, 2.05) is 43.0 Å². The fraction of sp³-hybridized carbons (Fsp3) is 0.308. The zero-order chi connectivity index (χ0) is 13.8. The molecule has 2 aromatic rings. The second-order valence-corrected chi connectivity index (χ2v) is 4.06. The van der Waals surface area contributed by atoms with Crippen LogP contribution in [0.1, 0.15) is 12.5 Å². The minimum Gasteiger partial charge on any atom is -0.467 e. The number of nitrogens with zero attached hydrogens (tertiary/aromatic N) is 4. The molecule has 0 aliphatic carbocycles. The van der Waals surface area contributed by atoms with Gasteiger partial charge in [0, 0.05) is 12.2 Å². The van der Waals surface area contributed by atoms with Crippen LogP contribution < -0.4 is 15.4 Å². The van der Waals surface area contributed by atoms with E-state index in [9.17, 15) is 0 Å². The molecule has 1 aromatic carbocycles. The molecule has 1 aromatic heterocycles. The van der Waals surface area contributed by atoms with E-state index in [4.69, 9.17) is 10.5 Å².